The average molecular weight is 226 g/mol. The van der Waals surface area contributed by atoms with Crippen LogP contribution in [0.5, 0.6) is 0 Å². The lowest BCUT2D eigenvalue weighted by Gasteiger charge is -2.02. The lowest BCUT2D eigenvalue weighted by Crippen LogP contribution is -1.80. The maximum absolute atomic E-state index is 2.20. The highest BCUT2D eigenvalue weighted by molar-refractivity contribution is 5.63. The van der Waals surface area contributed by atoms with Crippen molar-refractivity contribution in [3.63, 3.8) is 0 Å². The van der Waals surface area contributed by atoms with Gasteiger partial charge in [0.1, 0.15) is 0 Å². The molecule has 0 atom stereocenters. The summed E-state index contributed by atoms with van der Waals surface area (Å²) in [5.74, 6) is 0. The summed E-state index contributed by atoms with van der Waals surface area (Å²) in [6.45, 7) is 6.43. The molecule has 0 N–H and O–H groups in total. The van der Waals surface area contributed by atoms with Gasteiger partial charge in [-0.1, -0.05) is 81.8 Å². The van der Waals surface area contributed by atoms with E-state index in [4.69, 9.17) is 0 Å². The molecule has 0 aliphatic carbocycles. The fourth-order valence-electron chi connectivity index (χ4n) is 1.56. The van der Waals surface area contributed by atoms with Crippen LogP contribution in [-0.4, -0.2) is 0 Å². The van der Waals surface area contributed by atoms with Crippen LogP contribution < -0.4 is 0 Å². The molecule has 0 saturated carbocycles. The molecule has 0 spiro atoms. The van der Waals surface area contributed by atoms with Gasteiger partial charge < -0.3 is 0 Å². The predicted octanol–water partition coefficient (Wildman–Crippen LogP) is 5.33. The normalized spacial score (nSPS) is 9.35. The summed E-state index contributed by atoms with van der Waals surface area (Å²) in [5.41, 5.74) is 3.97. The molecule has 0 fully saturated rings. The fraction of sp³-hybridized carbons (Fsp3) is 0.294. The molecule has 0 amide bonds. The lowest BCUT2D eigenvalue weighted by atomic mass is 10.0. The van der Waals surface area contributed by atoms with Gasteiger partial charge in [-0.15, -0.1) is 0 Å². The summed E-state index contributed by atoms with van der Waals surface area (Å²) in [5, 5.41) is 0. The summed E-state index contributed by atoms with van der Waals surface area (Å²) < 4.78 is 0. The van der Waals surface area contributed by atoms with Crippen LogP contribution in [0.3, 0.4) is 0 Å². The quantitative estimate of drug-likeness (QED) is 0.649. The fourth-order valence-corrected chi connectivity index (χ4v) is 1.56. The Morgan fingerprint density at radius 3 is 1.59 bits per heavy atom. The highest BCUT2D eigenvalue weighted by atomic mass is 14.0. The first-order valence-corrected chi connectivity index (χ1v) is 6.46. The highest BCUT2D eigenvalue weighted by Crippen LogP contribution is 2.19. The van der Waals surface area contributed by atoms with Crippen LogP contribution in [0.4, 0.5) is 0 Å². The molecule has 0 unspecified atom stereocenters. The van der Waals surface area contributed by atoms with Crippen LogP contribution in [0, 0.1) is 0 Å². The first-order chi connectivity index (χ1) is 8.31. The molecule has 0 aliphatic rings. The second-order valence-corrected chi connectivity index (χ2v) is 4.12. The minimum atomic E-state index is 1.11. The summed E-state index contributed by atoms with van der Waals surface area (Å²) >= 11 is 0. The summed E-state index contributed by atoms with van der Waals surface area (Å²) in [7, 11) is 0. The third kappa shape index (κ3) is 4.44. The maximum Gasteiger partial charge on any atom is -0.0184 e. The third-order valence-electron chi connectivity index (χ3n) is 2.47. The molecule has 0 bridgehead atoms. The number of hydrogen-bond donors (Lipinski definition) is 0. The van der Waals surface area contributed by atoms with Gasteiger partial charge in [0.2, 0.25) is 0 Å². The van der Waals surface area contributed by atoms with E-state index in [1.54, 1.807) is 0 Å². The van der Waals surface area contributed by atoms with Crippen LogP contribution in [0.1, 0.15) is 32.8 Å². The molecule has 0 aromatic heterocycles. The Morgan fingerprint density at radius 1 is 0.647 bits per heavy atom. The van der Waals surface area contributed by atoms with Gasteiger partial charge in [0, 0.05) is 0 Å². The minimum Gasteiger partial charge on any atom is -0.0656 e. The molecule has 0 nitrogen and oxygen atoms in total. The molecule has 0 aliphatic heterocycles. The van der Waals surface area contributed by atoms with Crippen molar-refractivity contribution in [2.75, 3.05) is 0 Å². The van der Waals surface area contributed by atoms with Crippen LogP contribution in [0.15, 0.2) is 54.6 Å². The van der Waals surface area contributed by atoms with Crippen molar-refractivity contribution in [1.29, 1.82) is 0 Å². The Morgan fingerprint density at radius 2 is 1.12 bits per heavy atom. The van der Waals surface area contributed by atoms with Gasteiger partial charge in [-0.25, -0.2) is 0 Å². The van der Waals surface area contributed by atoms with E-state index in [2.05, 4.69) is 69.3 Å². The van der Waals surface area contributed by atoms with Crippen LogP contribution in [0.25, 0.3) is 11.1 Å². The molecule has 0 radical (unpaired) electrons. The van der Waals surface area contributed by atoms with E-state index in [9.17, 15) is 0 Å². The standard InChI is InChI=1S/C14H14.C3H8/c1-2-12-8-10-14(11-9-12)13-6-4-3-5-7-13;1-3-2/h3-11H,2H2,1H3;3H2,1-2H3. The smallest absolute Gasteiger partial charge is 0.0184 e. The summed E-state index contributed by atoms with van der Waals surface area (Å²) in [6.07, 6.45) is 2.36. The van der Waals surface area contributed by atoms with Gasteiger partial charge >= 0.3 is 0 Å². The lowest BCUT2D eigenvalue weighted by molar-refractivity contribution is 1.09. The van der Waals surface area contributed by atoms with Crippen molar-refractivity contribution in [1.82, 2.24) is 0 Å². The predicted molar refractivity (Wildman–Crippen MR) is 77.2 cm³/mol. The second kappa shape index (κ2) is 7.67. The largest absolute Gasteiger partial charge is 0.0656 e. The Labute approximate surface area is 105 Å². The van der Waals surface area contributed by atoms with E-state index in [1.807, 2.05) is 6.07 Å². The van der Waals surface area contributed by atoms with Gasteiger partial charge in [0.25, 0.3) is 0 Å². The van der Waals surface area contributed by atoms with Gasteiger partial charge in [-0.05, 0) is 23.1 Å². The zero-order chi connectivity index (χ0) is 12.5. The van der Waals surface area contributed by atoms with Crippen molar-refractivity contribution in [3.8, 4) is 11.1 Å². The Balaban J connectivity index is 0.000000437. The van der Waals surface area contributed by atoms with E-state index in [-0.39, 0.29) is 0 Å². The summed E-state index contributed by atoms with van der Waals surface area (Å²) in [6, 6.07) is 19.2. The molecule has 2 aromatic carbocycles. The minimum absolute atomic E-state index is 1.11. The molecular formula is C17H22. The summed E-state index contributed by atoms with van der Waals surface area (Å²) in [4.78, 5) is 0. The van der Waals surface area contributed by atoms with Gasteiger partial charge in [-0.2, -0.15) is 0 Å². The Bertz CT molecular complexity index is 398. The van der Waals surface area contributed by atoms with E-state index in [1.165, 1.54) is 23.1 Å². The van der Waals surface area contributed by atoms with Gasteiger partial charge in [0.15, 0.2) is 0 Å². The van der Waals surface area contributed by atoms with Crippen molar-refractivity contribution < 1.29 is 0 Å². The van der Waals surface area contributed by atoms with Gasteiger partial charge in [-0.3, -0.25) is 0 Å². The molecular weight excluding hydrogens is 204 g/mol. The molecule has 2 aromatic rings. The van der Waals surface area contributed by atoms with E-state index >= 15 is 0 Å². The monoisotopic (exact) mass is 226 g/mol. The number of rotatable bonds is 2. The first-order valence-electron chi connectivity index (χ1n) is 6.46. The Hall–Kier alpha value is -1.56. The van der Waals surface area contributed by atoms with E-state index < -0.39 is 0 Å². The van der Waals surface area contributed by atoms with Crippen molar-refractivity contribution in [2.24, 2.45) is 0 Å². The van der Waals surface area contributed by atoms with Crippen molar-refractivity contribution in [3.05, 3.63) is 60.2 Å². The highest BCUT2D eigenvalue weighted by Gasteiger charge is 1.95. The molecule has 2 rings (SSSR count). The maximum atomic E-state index is 2.20. The molecule has 90 valence electrons. The first kappa shape index (κ1) is 13.5. The zero-order valence-corrected chi connectivity index (χ0v) is 11.1. The van der Waals surface area contributed by atoms with Crippen LogP contribution in [0.2, 0.25) is 0 Å². The zero-order valence-electron chi connectivity index (χ0n) is 11.1. The van der Waals surface area contributed by atoms with Crippen molar-refractivity contribution >= 4 is 0 Å². The van der Waals surface area contributed by atoms with Crippen molar-refractivity contribution in [2.45, 2.75) is 33.6 Å². The molecule has 0 saturated heterocycles. The number of aryl methyl sites for hydroxylation is 1. The Kier molecular flexibility index (Phi) is 6.09. The van der Waals surface area contributed by atoms with Crippen LogP contribution >= 0.6 is 0 Å². The molecule has 0 heterocycles. The molecule has 0 heteroatoms. The number of benzene rings is 2. The third-order valence-corrected chi connectivity index (χ3v) is 2.47. The number of hydrogen-bond acceptors (Lipinski definition) is 0. The van der Waals surface area contributed by atoms with Gasteiger partial charge in [0.05, 0.1) is 0 Å². The average Bonchev–Trinajstić information content (AvgIpc) is 2.41. The molecule has 17 heavy (non-hydrogen) atoms. The van der Waals surface area contributed by atoms with E-state index in [0.717, 1.165) is 6.42 Å². The topological polar surface area (TPSA) is 0 Å². The second-order valence-electron chi connectivity index (χ2n) is 4.12. The van der Waals surface area contributed by atoms with E-state index in [0.29, 0.717) is 0 Å². The van der Waals surface area contributed by atoms with Crippen LogP contribution in [-0.2, 0) is 6.42 Å². The SMILES string of the molecule is CCC.CCc1ccc(-c2ccccc2)cc1.